The van der Waals surface area contributed by atoms with Gasteiger partial charge in [-0.15, -0.1) is 0 Å². The van der Waals surface area contributed by atoms with Gasteiger partial charge >= 0.3 is 5.97 Å². The predicted octanol–water partition coefficient (Wildman–Crippen LogP) is 4.88. The monoisotopic (exact) mass is 517 g/mol. The number of pyridine rings is 1. The molecule has 1 saturated heterocycles. The largest absolute Gasteiger partial charge is 0.480 e. The number of aliphatic carboxylic acids is 1. The summed E-state index contributed by atoms with van der Waals surface area (Å²) in [6.07, 6.45) is 6.82. The normalized spacial score (nSPS) is 17.9. The molecule has 0 aliphatic carbocycles. The molecule has 1 fully saturated rings. The lowest BCUT2D eigenvalue weighted by Crippen LogP contribution is -2.44. The van der Waals surface area contributed by atoms with Crippen molar-refractivity contribution in [3.63, 3.8) is 0 Å². The number of aromatic nitrogens is 1. The lowest BCUT2D eigenvalue weighted by atomic mass is 9.97. The molecule has 5 N–H and O–H groups in total. The molecular formula is C30H39N5O3. The number of aryl methyl sites for hydroxylation is 1. The van der Waals surface area contributed by atoms with Crippen molar-refractivity contribution in [3.8, 4) is 11.1 Å². The van der Waals surface area contributed by atoms with Gasteiger partial charge in [0.15, 0.2) is 0 Å². The topological polar surface area (TPSA) is 124 Å². The maximum Gasteiger partial charge on any atom is 0.322 e. The number of carboxylic acids is 1. The molecule has 0 saturated carbocycles. The number of nitrogens with one attached hydrogen (secondary N) is 2. The Balaban J connectivity index is 1.60. The first kappa shape index (κ1) is 27.4. The number of nitrogens with zero attached hydrogens (tertiary/aromatic N) is 2. The smallest absolute Gasteiger partial charge is 0.322 e. The average molecular weight is 518 g/mol. The van der Waals surface area contributed by atoms with Crippen LogP contribution in [0.15, 0.2) is 53.3 Å². The van der Waals surface area contributed by atoms with E-state index in [0.29, 0.717) is 35.4 Å². The van der Waals surface area contributed by atoms with Gasteiger partial charge < -0.3 is 20.7 Å². The van der Waals surface area contributed by atoms with Crippen LogP contribution in [0.4, 0.5) is 5.69 Å². The molecule has 2 aromatic carbocycles. The molecular weight excluding hydrogens is 478 g/mol. The Labute approximate surface area is 224 Å². The Kier molecular flexibility index (Phi) is 8.84. The van der Waals surface area contributed by atoms with Crippen LogP contribution in [0.2, 0.25) is 0 Å². The van der Waals surface area contributed by atoms with Crippen molar-refractivity contribution in [3.05, 3.63) is 64.4 Å². The lowest BCUT2D eigenvalue weighted by molar-refractivity contribution is -0.134. The van der Waals surface area contributed by atoms with E-state index >= 15 is 0 Å². The van der Waals surface area contributed by atoms with Crippen molar-refractivity contribution in [2.75, 3.05) is 18.4 Å². The summed E-state index contributed by atoms with van der Waals surface area (Å²) in [4.78, 5) is 27.5. The number of fused-ring (bicyclic) bond motifs is 1. The standard InChI is InChI=1S/C30H39N5O3/c1-20-8-6-9-21(2)34(20)14-4-3-5-15-35-27-18-25(33-19-28(36)37)13-12-23(27)17-26(30(35)38)22-10-7-11-24(16-22)29(31)32/h7,10-13,16-18,20-21,33H,3-6,8-9,14-15,19H2,1-2H3,(H3,31,32)(H,36,37)/t20-,21+. The van der Waals surface area contributed by atoms with Gasteiger partial charge in [-0.3, -0.25) is 19.9 Å². The fourth-order valence-electron chi connectivity index (χ4n) is 5.60. The Morgan fingerprint density at radius 2 is 1.79 bits per heavy atom. The number of rotatable bonds is 11. The minimum Gasteiger partial charge on any atom is -0.480 e. The van der Waals surface area contributed by atoms with Gasteiger partial charge in [-0.25, -0.2) is 0 Å². The highest BCUT2D eigenvalue weighted by Gasteiger charge is 2.23. The van der Waals surface area contributed by atoms with Crippen LogP contribution in [0.1, 0.15) is 57.9 Å². The fraction of sp³-hybridized carbons (Fsp3) is 0.433. The summed E-state index contributed by atoms with van der Waals surface area (Å²) in [7, 11) is 0. The SMILES string of the molecule is C[C@@H]1CCC[C@H](C)N1CCCCCn1c(=O)c(-c2cccc(C(=N)N)c2)cc2ccc(NCC(=O)O)cc21. The summed E-state index contributed by atoms with van der Waals surface area (Å²) in [5.74, 6) is -0.986. The zero-order valence-corrected chi connectivity index (χ0v) is 22.4. The number of piperidine rings is 1. The number of nitrogens with two attached hydrogens (primary N) is 1. The van der Waals surface area contributed by atoms with E-state index in [4.69, 9.17) is 16.2 Å². The minimum absolute atomic E-state index is 0.0422. The van der Waals surface area contributed by atoms with Crippen LogP contribution in [0.25, 0.3) is 22.0 Å². The van der Waals surface area contributed by atoms with Gasteiger partial charge in [0.25, 0.3) is 5.56 Å². The number of carbonyl (C=O) groups is 1. The van der Waals surface area contributed by atoms with Crippen molar-refractivity contribution in [1.82, 2.24) is 9.47 Å². The zero-order valence-electron chi connectivity index (χ0n) is 22.4. The quantitative estimate of drug-likeness (QED) is 0.163. The van der Waals surface area contributed by atoms with Crippen LogP contribution in [0.5, 0.6) is 0 Å². The molecule has 0 unspecified atom stereocenters. The second kappa shape index (κ2) is 12.3. The Hall–Kier alpha value is -3.65. The number of unbranched alkanes of at least 4 members (excludes halogenated alkanes) is 2. The molecule has 0 bridgehead atoms. The number of anilines is 1. The Morgan fingerprint density at radius 3 is 2.50 bits per heavy atom. The maximum absolute atomic E-state index is 13.8. The summed E-state index contributed by atoms with van der Waals surface area (Å²) < 4.78 is 1.81. The first-order valence-corrected chi connectivity index (χ1v) is 13.6. The first-order chi connectivity index (χ1) is 18.2. The lowest BCUT2D eigenvalue weighted by Gasteiger charge is -2.39. The summed E-state index contributed by atoms with van der Waals surface area (Å²) in [5.41, 5.74) is 8.88. The number of amidine groups is 1. The summed E-state index contributed by atoms with van der Waals surface area (Å²) in [6.45, 7) is 6.11. The van der Waals surface area contributed by atoms with Gasteiger partial charge in [0.1, 0.15) is 12.4 Å². The Morgan fingerprint density at radius 1 is 1.05 bits per heavy atom. The number of hydrogen-bond acceptors (Lipinski definition) is 5. The van der Waals surface area contributed by atoms with E-state index in [9.17, 15) is 9.59 Å². The highest BCUT2D eigenvalue weighted by Crippen LogP contribution is 2.26. The van der Waals surface area contributed by atoms with Crippen LogP contribution in [-0.2, 0) is 11.3 Å². The van der Waals surface area contributed by atoms with E-state index in [-0.39, 0.29) is 17.9 Å². The van der Waals surface area contributed by atoms with E-state index in [0.717, 1.165) is 42.3 Å². The van der Waals surface area contributed by atoms with E-state index in [1.807, 2.05) is 41.0 Å². The highest BCUT2D eigenvalue weighted by molar-refractivity contribution is 5.96. The maximum atomic E-state index is 13.8. The molecule has 3 aromatic rings. The van der Waals surface area contributed by atoms with Crippen LogP contribution >= 0.6 is 0 Å². The van der Waals surface area contributed by atoms with Gasteiger partial charge in [-0.1, -0.05) is 37.1 Å². The van der Waals surface area contributed by atoms with Gasteiger partial charge in [-0.05, 0) is 81.3 Å². The summed E-state index contributed by atoms with van der Waals surface area (Å²) in [6, 6.07) is 15.9. The third-order valence-corrected chi connectivity index (χ3v) is 7.70. The van der Waals surface area contributed by atoms with E-state index < -0.39 is 5.97 Å². The van der Waals surface area contributed by atoms with E-state index in [1.165, 1.54) is 19.3 Å². The third-order valence-electron chi connectivity index (χ3n) is 7.70. The molecule has 0 spiro atoms. The average Bonchev–Trinajstić information content (AvgIpc) is 2.89. The van der Waals surface area contributed by atoms with Gasteiger partial charge in [-0.2, -0.15) is 0 Å². The predicted molar refractivity (Wildman–Crippen MR) is 154 cm³/mol. The second-order valence-electron chi connectivity index (χ2n) is 10.5. The van der Waals surface area contributed by atoms with Crippen molar-refractivity contribution in [2.24, 2.45) is 5.73 Å². The molecule has 202 valence electrons. The van der Waals surface area contributed by atoms with E-state index in [1.54, 1.807) is 12.1 Å². The summed E-state index contributed by atoms with van der Waals surface area (Å²) in [5, 5.41) is 20.7. The number of hydrogen-bond donors (Lipinski definition) is 4. The van der Waals surface area contributed by atoms with Crippen LogP contribution in [0, 0.1) is 5.41 Å². The molecule has 1 aliphatic rings. The highest BCUT2D eigenvalue weighted by atomic mass is 16.4. The van der Waals surface area contributed by atoms with E-state index in [2.05, 4.69) is 24.1 Å². The summed E-state index contributed by atoms with van der Waals surface area (Å²) >= 11 is 0. The number of carboxylic acid groups (broad SMARTS) is 1. The van der Waals surface area contributed by atoms with Crippen molar-refractivity contribution < 1.29 is 9.90 Å². The fourth-order valence-corrected chi connectivity index (χ4v) is 5.60. The minimum atomic E-state index is -0.944. The van der Waals surface area contributed by atoms with Crippen LogP contribution < -0.4 is 16.6 Å². The van der Waals surface area contributed by atoms with Crippen LogP contribution in [0.3, 0.4) is 0 Å². The zero-order chi connectivity index (χ0) is 27.2. The molecule has 4 rings (SSSR count). The molecule has 38 heavy (non-hydrogen) atoms. The Bertz CT molecular complexity index is 1360. The number of benzene rings is 2. The second-order valence-corrected chi connectivity index (χ2v) is 10.5. The third kappa shape index (κ3) is 6.42. The van der Waals surface area contributed by atoms with Crippen molar-refractivity contribution >= 4 is 28.4 Å². The molecule has 0 amide bonds. The van der Waals surface area contributed by atoms with Crippen molar-refractivity contribution in [2.45, 2.75) is 71.0 Å². The van der Waals surface area contributed by atoms with Gasteiger partial charge in [0.2, 0.25) is 0 Å². The number of likely N-dealkylation sites (tertiary alicyclic amines) is 1. The van der Waals surface area contributed by atoms with Crippen molar-refractivity contribution in [1.29, 1.82) is 5.41 Å². The molecule has 2 heterocycles. The molecule has 8 heteroatoms. The van der Waals surface area contributed by atoms with Gasteiger partial charge in [0, 0.05) is 35.4 Å². The molecule has 0 radical (unpaired) electrons. The molecule has 1 aromatic heterocycles. The molecule has 8 nitrogen and oxygen atoms in total. The van der Waals surface area contributed by atoms with Gasteiger partial charge in [0.05, 0.1) is 5.52 Å². The first-order valence-electron chi connectivity index (χ1n) is 13.6. The van der Waals surface area contributed by atoms with Crippen LogP contribution in [-0.4, -0.2) is 51.6 Å². The number of nitrogen functional groups attached to an aromatic ring is 1. The molecule has 2 atom stereocenters. The molecule has 1 aliphatic heterocycles.